The Labute approximate surface area is 210 Å². The summed E-state index contributed by atoms with van der Waals surface area (Å²) in [6.07, 6.45) is 3.86. The maximum atomic E-state index is 13.2. The normalized spacial score (nSPS) is 17.0. The molecule has 36 heavy (non-hydrogen) atoms. The van der Waals surface area contributed by atoms with Crippen LogP contribution < -0.4 is 5.56 Å². The number of fused-ring (bicyclic) bond motifs is 1. The summed E-state index contributed by atoms with van der Waals surface area (Å²) >= 11 is 0. The van der Waals surface area contributed by atoms with E-state index in [2.05, 4.69) is 59.2 Å². The summed E-state index contributed by atoms with van der Waals surface area (Å²) in [7, 11) is 0. The molecule has 2 atom stereocenters. The lowest BCUT2D eigenvalue weighted by Crippen LogP contribution is -2.35. The first-order chi connectivity index (χ1) is 17.4. The summed E-state index contributed by atoms with van der Waals surface area (Å²) in [6.45, 7) is 10.8. The molecule has 2 unspecified atom stereocenters. The highest BCUT2D eigenvalue weighted by atomic mass is 16.5. The van der Waals surface area contributed by atoms with Gasteiger partial charge < -0.3 is 14.1 Å². The molecular weight excluding hydrogens is 456 g/mol. The van der Waals surface area contributed by atoms with Crippen LogP contribution in [0, 0.1) is 19.8 Å². The van der Waals surface area contributed by atoms with Crippen molar-refractivity contribution in [1.29, 1.82) is 0 Å². The van der Waals surface area contributed by atoms with Crippen molar-refractivity contribution in [1.82, 2.24) is 30.1 Å². The van der Waals surface area contributed by atoms with Gasteiger partial charge >= 0.3 is 0 Å². The molecule has 190 valence electrons. The molecule has 5 rings (SSSR count). The van der Waals surface area contributed by atoms with Crippen LogP contribution in [-0.4, -0.2) is 42.8 Å². The second kappa shape index (κ2) is 10.4. The monoisotopic (exact) mass is 490 g/mol. The first-order valence-corrected chi connectivity index (χ1v) is 12.7. The van der Waals surface area contributed by atoms with Crippen molar-refractivity contribution in [3.05, 3.63) is 75.2 Å². The molecule has 1 fully saturated rings. The third-order valence-electron chi connectivity index (χ3n) is 7.10. The average Bonchev–Trinajstić information content (AvgIpc) is 3.61. The van der Waals surface area contributed by atoms with Gasteiger partial charge in [0, 0.05) is 24.2 Å². The lowest BCUT2D eigenvalue weighted by molar-refractivity contribution is 0.0836. The molecule has 0 amide bonds. The van der Waals surface area contributed by atoms with E-state index in [1.807, 2.05) is 28.9 Å². The van der Waals surface area contributed by atoms with E-state index in [4.69, 9.17) is 9.15 Å². The van der Waals surface area contributed by atoms with Gasteiger partial charge in [-0.3, -0.25) is 9.69 Å². The largest absolute Gasteiger partial charge is 0.468 e. The Hall–Kier alpha value is -3.30. The van der Waals surface area contributed by atoms with Gasteiger partial charge in [0.1, 0.15) is 5.76 Å². The highest BCUT2D eigenvalue weighted by molar-refractivity contribution is 5.80. The maximum Gasteiger partial charge on any atom is 0.252 e. The van der Waals surface area contributed by atoms with Crippen molar-refractivity contribution < 1.29 is 9.15 Å². The third-order valence-corrected chi connectivity index (χ3v) is 7.10. The zero-order valence-electron chi connectivity index (χ0n) is 21.4. The quantitative estimate of drug-likeness (QED) is 0.373. The van der Waals surface area contributed by atoms with Gasteiger partial charge in [0.05, 0.1) is 31.5 Å². The third kappa shape index (κ3) is 5.12. The zero-order valence-corrected chi connectivity index (χ0v) is 21.4. The molecule has 0 saturated carbocycles. The van der Waals surface area contributed by atoms with E-state index in [1.54, 1.807) is 6.26 Å². The number of pyridine rings is 1. The minimum absolute atomic E-state index is 0.0864. The lowest BCUT2D eigenvalue weighted by atomic mass is 9.99. The minimum Gasteiger partial charge on any atom is -0.468 e. The molecule has 0 bridgehead atoms. The number of benzene rings is 1. The topological polar surface area (TPSA) is 102 Å². The first-order valence-electron chi connectivity index (χ1n) is 12.7. The fourth-order valence-corrected chi connectivity index (χ4v) is 5.13. The van der Waals surface area contributed by atoms with Gasteiger partial charge in [-0.2, -0.15) is 0 Å². The maximum absolute atomic E-state index is 13.2. The van der Waals surface area contributed by atoms with E-state index in [0.29, 0.717) is 25.2 Å². The molecule has 0 aliphatic carbocycles. The summed E-state index contributed by atoms with van der Waals surface area (Å²) in [6, 6.07) is 9.86. The van der Waals surface area contributed by atoms with E-state index in [-0.39, 0.29) is 23.6 Å². The summed E-state index contributed by atoms with van der Waals surface area (Å²) in [5, 5.41) is 13.8. The summed E-state index contributed by atoms with van der Waals surface area (Å²) < 4.78 is 13.4. The fraction of sp³-hybridized carbons (Fsp3) is 0.481. The Morgan fingerprint density at radius 1 is 1.19 bits per heavy atom. The number of aromatic nitrogens is 5. The fourth-order valence-electron chi connectivity index (χ4n) is 5.13. The molecule has 9 heteroatoms. The van der Waals surface area contributed by atoms with Crippen LogP contribution in [0.25, 0.3) is 10.9 Å². The molecule has 4 heterocycles. The number of hydrogen-bond donors (Lipinski definition) is 1. The van der Waals surface area contributed by atoms with Crippen LogP contribution in [0.5, 0.6) is 0 Å². The number of aryl methyl sites for hydroxylation is 2. The van der Waals surface area contributed by atoms with Crippen molar-refractivity contribution >= 4 is 10.9 Å². The van der Waals surface area contributed by atoms with E-state index in [1.165, 1.54) is 5.56 Å². The van der Waals surface area contributed by atoms with E-state index >= 15 is 0 Å². The van der Waals surface area contributed by atoms with Crippen LogP contribution in [0.2, 0.25) is 0 Å². The van der Waals surface area contributed by atoms with Crippen LogP contribution in [-0.2, 0) is 24.4 Å². The SMILES string of the molecule is Cc1cc2cc(CN(Cc3ccco3)C(c3nnnn3CC3CCCO3)C(C)C)c(=O)[nH]c2cc1C. The standard InChI is InChI=1S/C27H34N6O3/c1-17(2)25(26-29-30-31-33(26)16-23-8-6-10-36-23)32(15-22-7-5-9-35-22)14-21-13-20-11-18(3)19(4)12-24(20)28-27(21)34/h5,7,9,11-13,17,23,25H,6,8,10,14-16H2,1-4H3,(H,28,34). The van der Waals surface area contributed by atoms with Crippen molar-refractivity contribution in [2.45, 2.75) is 72.3 Å². The Balaban J connectivity index is 1.52. The molecule has 3 aromatic heterocycles. The van der Waals surface area contributed by atoms with E-state index in [0.717, 1.165) is 47.5 Å². The second-order valence-electron chi connectivity index (χ2n) is 10.2. The Morgan fingerprint density at radius 3 is 2.75 bits per heavy atom. The van der Waals surface area contributed by atoms with Gasteiger partial charge in [0.2, 0.25) is 0 Å². The van der Waals surface area contributed by atoms with Gasteiger partial charge in [0.15, 0.2) is 5.82 Å². The number of tetrazole rings is 1. The molecule has 1 aromatic carbocycles. The first kappa shape index (κ1) is 24.4. The summed E-state index contributed by atoms with van der Waals surface area (Å²) in [5.41, 5.74) is 3.81. The number of rotatable bonds is 9. The second-order valence-corrected chi connectivity index (χ2v) is 10.2. The van der Waals surface area contributed by atoms with Gasteiger partial charge in [-0.1, -0.05) is 13.8 Å². The zero-order chi connectivity index (χ0) is 25.2. The van der Waals surface area contributed by atoms with Crippen molar-refractivity contribution in [3.63, 3.8) is 0 Å². The number of nitrogens with one attached hydrogen (secondary N) is 1. The predicted molar refractivity (Wildman–Crippen MR) is 136 cm³/mol. The van der Waals surface area contributed by atoms with Gasteiger partial charge in [0.25, 0.3) is 5.56 Å². The predicted octanol–water partition coefficient (Wildman–Crippen LogP) is 4.30. The van der Waals surface area contributed by atoms with Crippen molar-refractivity contribution in [3.8, 4) is 0 Å². The molecule has 0 spiro atoms. The lowest BCUT2D eigenvalue weighted by Gasteiger charge is -2.33. The Morgan fingerprint density at radius 2 is 2.03 bits per heavy atom. The number of aromatic amines is 1. The van der Waals surface area contributed by atoms with Gasteiger partial charge in [-0.15, -0.1) is 5.10 Å². The summed E-state index contributed by atoms with van der Waals surface area (Å²) in [5.74, 6) is 1.77. The van der Waals surface area contributed by atoms with Crippen LogP contribution in [0.4, 0.5) is 0 Å². The smallest absolute Gasteiger partial charge is 0.252 e. The van der Waals surface area contributed by atoms with Crippen molar-refractivity contribution in [2.75, 3.05) is 6.61 Å². The number of nitrogens with zero attached hydrogens (tertiary/aromatic N) is 5. The highest BCUT2D eigenvalue weighted by Crippen LogP contribution is 2.31. The molecular formula is C27H34N6O3. The molecule has 1 aliphatic rings. The molecule has 4 aromatic rings. The number of ether oxygens (including phenoxy) is 1. The van der Waals surface area contributed by atoms with Crippen LogP contribution in [0.15, 0.2) is 45.8 Å². The number of furan rings is 1. The Bertz CT molecular complexity index is 1370. The van der Waals surface area contributed by atoms with Crippen LogP contribution in [0.3, 0.4) is 0 Å². The molecule has 1 N–H and O–H groups in total. The molecule has 9 nitrogen and oxygen atoms in total. The molecule has 1 saturated heterocycles. The highest BCUT2D eigenvalue weighted by Gasteiger charge is 2.31. The molecule has 0 radical (unpaired) electrons. The van der Waals surface area contributed by atoms with Crippen LogP contribution in [0.1, 0.15) is 61.0 Å². The van der Waals surface area contributed by atoms with Crippen LogP contribution >= 0.6 is 0 Å². The number of H-pyrrole nitrogens is 1. The van der Waals surface area contributed by atoms with Gasteiger partial charge in [-0.05, 0) is 89.9 Å². The molecule has 1 aliphatic heterocycles. The minimum atomic E-state index is -0.138. The van der Waals surface area contributed by atoms with E-state index in [9.17, 15) is 4.79 Å². The van der Waals surface area contributed by atoms with Crippen molar-refractivity contribution in [2.24, 2.45) is 5.92 Å². The number of hydrogen-bond acceptors (Lipinski definition) is 7. The Kier molecular flexibility index (Phi) is 7.02. The van der Waals surface area contributed by atoms with Gasteiger partial charge in [-0.25, -0.2) is 4.68 Å². The average molecular weight is 491 g/mol. The summed E-state index contributed by atoms with van der Waals surface area (Å²) in [4.78, 5) is 18.5. The van der Waals surface area contributed by atoms with E-state index < -0.39 is 0 Å².